The lowest BCUT2D eigenvalue weighted by molar-refractivity contribution is -0.127. The van der Waals surface area contributed by atoms with E-state index in [-0.39, 0.29) is 29.7 Å². The summed E-state index contributed by atoms with van der Waals surface area (Å²) in [5.74, 6) is -0.451. The van der Waals surface area contributed by atoms with Gasteiger partial charge < -0.3 is 10.1 Å². The van der Waals surface area contributed by atoms with E-state index in [1.54, 1.807) is 0 Å². The summed E-state index contributed by atoms with van der Waals surface area (Å²) in [6.45, 7) is 0.878. The fourth-order valence-electron chi connectivity index (χ4n) is 2.28. The third-order valence-electron chi connectivity index (χ3n) is 2.90. The second-order valence-corrected chi connectivity index (χ2v) is 3.76. The van der Waals surface area contributed by atoms with Gasteiger partial charge in [0.2, 0.25) is 0 Å². The van der Waals surface area contributed by atoms with Gasteiger partial charge in [0.1, 0.15) is 6.10 Å². The lowest BCUT2D eigenvalue weighted by Gasteiger charge is -2.27. The number of hydrogen-bond donors (Lipinski definition) is 2. The molecule has 0 aromatic heterocycles. The Balaban J connectivity index is 1.99. The summed E-state index contributed by atoms with van der Waals surface area (Å²) in [6, 6.07) is -0.0785. The second-order valence-electron chi connectivity index (χ2n) is 3.76. The highest BCUT2D eigenvalue weighted by Crippen LogP contribution is 2.33. The molecule has 0 spiro atoms. The third-order valence-corrected chi connectivity index (χ3v) is 2.90. The molecule has 0 radical (unpaired) electrons. The summed E-state index contributed by atoms with van der Waals surface area (Å²) in [4.78, 5) is 22.7. The molecule has 5 nitrogen and oxygen atoms in total. The average Bonchev–Trinajstić information content (AvgIpc) is 2.66. The molecular formula is C9H10N2O3. The van der Waals surface area contributed by atoms with E-state index in [1.165, 1.54) is 0 Å². The topological polar surface area (TPSA) is 67.4 Å². The van der Waals surface area contributed by atoms with E-state index in [1.807, 2.05) is 0 Å². The summed E-state index contributed by atoms with van der Waals surface area (Å²) in [7, 11) is 0. The highest BCUT2D eigenvalue weighted by molar-refractivity contribution is 6.19. The van der Waals surface area contributed by atoms with Gasteiger partial charge >= 0.3 is 0 Å². The van der Waals surface area contributed by atoms with Crippen LogP contribution in [0.1, 0.15) is 12.8 Å². The van der Waals surface area contributed by atoms with E-state index in [0.29, 0.717) is 5.57 Å². The normalized spacial score (nSPS) is 35.1. The van der Waals surface area contributed by atoms with Crippen molar-refractivity contribution in [1.82, 2.24) is 10.6 Å². The van der Waals surface area contributed by atoms with Crippen LogP contribution >= 0.6 is 0 Å². The number of rotatable bonds is 0. The van der Waals surface area contributed by atoms with Crippen LogP contribution in [0.4, 0.5) is 0 Å². The van der Waals surface area contributed by atoms with Gasteiger partial charge in [-0.25, -0.2) is 0 Å². The predicted octanol–water partition coefficient (Wildman–Crippen LogP) is -0.952. The van der Waals surface area contributed by atoms with Crippen molar-refractivity contribution in [3.05, 3.63) is 11.3 Å². The van der Waals surface area contributed by atoms with Gasteiger partial charge in [0.05, 0.1) is 11.6 Å². The number of carbonyl (C=O) groups excluding carboxylic acids is 2. The van der Waals surface area contributed by atoms with Crippen LogP contribution in [0, 0.1) is 0 Å². The number of fused-ring (bicyclic) bond motifs is 2. The number of imide groups is 1. The monoisotopic (exact) mass is 194 g/mol. The van der Waals surface area contributed by atoms with E-state index in [0.717, 1.165) is 19.4 Å². The van der Waals surface area contributed by atoms with Gasteiger partial charge in [-0.05, 0) is 19.4 Å². The van der Waals surface area contributed by atoms with Gasteiger partial charge in [0.15, 0.2) is 5.76 Å². The summed E-state index contributed by atoms with van der Waals surface area (Å²) in [6.07, 6.45) is 1.91. The van der Waals surface area contributed by atoms with Crippen LogP contribution in [0.5, 0.6) is 0 Å². The molecular weight excluding hydrogens is 184 g/mol. The molecule has 2 unspecified atom stereocenters. The maximum absolute atomic E-state index is 11.4. The Bertz CT molecular complexity index is 361. The third kappa shape index (κ3) is 0.874. The van der Waals surface area contributed by atoms with Gasteiger partial charge in [0, 0.05) is 0 Å². The molecule has 3 rings (SSSR count). The summed E-state index contributed by atoms with van der Waals surface area (Å²) < 4.78 is 5.46. The van der Waals surface area contributed by atoms with Crippen LogP contribution in [0.15, 0.2) is 11.3 Å². The number of hydrogen-bond acceptors (Lipinski definition) is 4. The summed E-state index contributed by atoms with van der Waals surface area (Å²) >= 11 is 0. The maximum atomic E-state index is 11.4. The first-order valence-corrected chi connectivity index (χ1v) is 4.77. The Morgan fingerprint density at radius 1 is 1.29 bits per heavy atom. The van der Waals surface area contributed by atoms with Crippen LogP contribution in [0.3, 0.4) is 0 Å². The molecule has 0 aliphatic carbocycles. The number of piperidine rings is 1. The Hall–Kier alpha value is -1.36. The van der Waals surface area contributed by atoms with E-state index >= 15 is 0 Å². The first kappa shape index (κ1) is 7.99. The smallest absolute Gasteiger partial charge is 0.293 e. The van der Waals surface area contributed by atoms with Crippen molar-refractivity contribution in [2.75, 3.05) is 6.54 Å². The summed E-state index contributed by atoms with van der Waals surface area (Å²) in [5.41, 5.74) is 0.500. The number of ether oxygens (including phenoxy) is 1. The quantitative estimate of drug-likeness (QED) is 0.488. The van der Waals surface area contributed by atoms with Crippen LogP contribution in [-0.2, 0) is 14.3 Å². The average molecular weight is 194 g/mol. The molecule has 0 aromatic carbocycles. The molecule has 0 saturated carbocycles. The van der Waals surface area contributed by atoms with Crippen LogP contribution in [0.2, 0.25) is 0 Å². The Morgan fingerprint density at radius 2 is 2.14 bits per heavy atom. The molecule has 2 atom stereocenters. The SMILES string of the molecule is O=C1NC(=O)C2=C1OC1CCCNC21. The highest BCUT2D eigenvalue weighted by atomic mass is 16.5. The van der Waals surface area contributed by atoms with Crippen molar-refractivity contribution in [3.8, 4) is 0 Å². The van der Waals surface area contributed by atoms with Gasteiger partial charge in [0.25, 0.3) is 11.8 Å². The van der Waals surface area contributed by atoms with Crippen molar-refractivity contribution >= 4 is 11.8 Å². The Kier molecular flexibility index (Phi) is 1.47. The highest BCUT2D eigenvalue weighted by Gasteiger charge is 2.47. The van der Waals surface area contributed by atoms with E-state index < -0.39 is 0 Å². The van der Waals surface area contributed by atoms with Crippen LogP contribution in [0.25, 0.3) is 0 Å². The minimum Gasteiger partial charge on any atom is -0.482 e. The maximum Gasteiger partial charge on any atom is 0.293 e. The van der Waals surface area contributed by atoms with E-state index in [2.05, 4.69) is 10.6 Å². The molecule has 5 heteroatoms. The van der Waals surface area contributed by atoms with Gasteiger partial charge in [-0.1, -0.05) is 0 Å². The standard InChI is InChI=1S/C9H10N2O3/c12-8-5-6-4(2-1-3-10-6)14-7(5)9(13)11-8/h4,6,10H,1-3H2,(H,11,12,13). The van der Waals surface area contributed by atoms with Crippen LogP contribution in [-0.4, -0.2) is 30.5 Å². The van der Waals surface area contributed by atoms with E-state index in [4.69, 9.17) is 4.74 Å². The molecule has 3 aliphatic heterocycles. The molecule has 74 valence electrons. The molecule has 1 fully saturated rings. The molecule has 2 N–H and O–H groups in total. The number of carbonyl (C=O) groups is 2. The molecule has 0 bridgehead atoms. The van der Waals surface area contributed by atoms with Gasteiger partial charge in [-0.15, -0.1) is 0 Å². The number of nitrogens with one attached hydrogen (secondary N) is 2. The molecule has 3 aliphatic rings. The first-order valence-electron chi connectivity index (χ1n) is 4.77. The molecule has 2 amide bonds. The first-order chi connectivity index (χ1) is 6.77. The minimum absolute atomic E-state index is 0.0243. The van der Waals surface area contributed by atoms with Crippen molar-refractivity contribution in [3.63, 3.8) is 0 Å². The lowest BCUT2D eigenvalue weighted by atomic mass is 9.96. The van der Waals surface area contributed by atoms with E-state index in [9.17, 15) is 9.59 Å². The largest absolute Gasteiger partial charge is 0.482 e. The lowest BCUT2D eigenvalue weighted by Crippen LogP contribution is -2.46. The zero-order valence-corrected chi connectivity index (χ0v) is 7.50. The molecule has 14 heavy (non-hydrogen) atoms. The van der Waals surface area contributed by atoms with Gasteiger partial charge in [-0.3, -0.25) is 14.9 Å². The Labute approximate surface area is 80.5 Å². The summed E-state index contributed by atoms with van der Waals surface area (Å²) in [5, 5.41) is 5.44. The van der Waals surface area contributed by atoms with Crippen molar-refractivity contribution in [2.24, 2.45) is 0 Å². The predicted molar refractivity (Wildman–Crippen MR) is 46.1 cm³/mol. The van der Waals surface area contributed by atoms with Gasteiger partial charge in [-0.2, -0.15) is 0 Å². The second kappa shape index (κ2) is 2.57. The zero-order valence-electron chi connectivity index (χ0n) is 7.50. The van der Waals surface area contributed by atoms with Crippen molar-refractivity contribution in [2.45, 2.75) is 25.0 Å². The molecule has 1 saturated heterocycles. The minimum atomic E-state index is -0.388. The van der Waals surface area contributed by atoms with Crippen LogP contribution < -0.4 is 10.6 Å². The Morgan fingerprint density at radius 3 is 3.00 bits per heavy atom. The molecule has 0 aromatic rings. The van der Waals surface area contributed by atoms with Crippen molar-refractivity contribution < 1.29 is 14.3 Å². The zero-order chi connectivity index (χ0) is 9.71. The fourth-order valence-corrected chi connectivity index (χ4v) is 2.28. The molecule has 3 heterocycles. The fraction of sp³-hybridized carbons (Fsp3) is 0.556. The van der Waals surface area contributed by atoms with Crippen molar-refractivity contribution in [1.29, 1.82) is 0 Å². The number of amides is 2.